The molecule has 2 heteroatoms. The fourth-order valence-corrected chi connectivity index (χ4v) is 6.72. The monoisotopic (exact) mass is 302 g/mol. The summed E-state index contributed by atoms with van der Waals surface area (Å²) >= 11 is 0. The summed E-state index contributed by atoms with van der Waals surface area (Å²) in [6, 6.07) is 0. The van der Waals surface area contributed by atoms with Gasteiger partial charge in [-0.15, -0.1) is 0 Å². The molecule has 0 amide bonds. The minimum atomic E-state index is -0.276. The van der Waals surface area contributed by atoms with Crippen molar-refractivity contribution in [1.29, 1.82) is 0 Å². The predicted molar refractivity (Wildman–Crippen MR) is 88.2 cm³/mol. The molecule has 122 valence electrons. The molecule has 0 bridgehead atoms. The normalized spacial score (nSPS) is 56.9. The number of hydrogen-bond acceptors (Lipinski definition) is 2. The van der Waals surface area contributed by atoms with Gasteiger partial charge >= 0.3 is 0 Å². The van der Waals surface area contributed by atoms with Gasteiger partial charge in [0.2, 0.25) is 0 Å². The van der Waals surface area contributed by atoms with Crippen molar-refractivity contribution < 1.29 is 10.2 Å². The SMILES string of the molecule is C[C@@H]1C=C2C=CCC[C@]2(C)[C@@H]2[C@@H]1[C@@H]1CC[C@H](O)[C@@]1(C)C[C@@H]2O. The first-order valence-electron chi connectivity index (χ1n) is 9.13. The Kier molecular flexibility index (Phi) is 3.20. The van der Waals surface area contributed by atoms with Crippen LogP contribution in [-0.2, 0) is 0 Å². The molecule has 0 radical (unpaired) electrons. The summed E-state index contributed by atoms with van der Waals surface area (Å²) in [6.07, 6.45) is 11.7. The molecule has 2 saturated carbocycles. The number of allylic oxidation sites excluding steroid dienone is 4. The molecule has 0 unspecified atom stereocenters. The first-order chi connectivity index (χ1) is 10.4. The smallest absolute Gasteiger partial charge is 0.0597 e. The number of aliphatic hydroxyl groups excluding tert-OH is 2. The van der Waals surface area contributed by atoms with Gasteiger partial charge in [0, 0.05) is 0 Å². The maximum Gasteiger partial charge on any atom is 0.0597 e. The number of rotatable bonds is 0. The highest BCUT2D eigenvalue weighted by Crippen LogP contribution is 2.65. The summed E-state index contributed by atoms with van der Waals surface area (Å²) < 4.78 is 0. The number of aliphatic hydroxyl groups is 2. The van der Waals surface area contributed by atoms with E-state index in [2.05, 4.69) is 39.0 Å². The molecule has 0 saturated heterocycles. The zero-order valence-electron chi connectivity index (χ0n) is 14.1. The van der Waals surface area contributed by atoms with Crippen LogP contribution in [0.25, 0.3) is 0 Å². The number of hydrogen-bond donors (Lipinski definition) is 2. The molecule has 4 aliphatic rings. The maximum absolute atomic E-state index is 11.1. The molecule has 0 aliphatic heterocycles. The largest absolute Gasteiger partial charge is 0.393 e. The summed E-state index contributed by atoms with van der Waals surface area (Å²) in [5, 5.41) is 21.6. The van der Waals surface area contributed by atoms with E-state index in [0.717, 1.165) is 32.1 Å². The van der Waals surface area contributed by atoms with E-state index in [4.69, 9.17) is 0 Å². The summed E-state index contributed by atoms with van der Waals surface area (Å²) in [7, 11) is 0. The summed E-state index contributed by atoms with van der Waals surface area (Å²) in [5.74, 6) is 1.94. The third-order valence-corrected chi connectivity index (χ3v) is 7.87. The second-order valence-electron chi connectivity index (χ2n) is 8.92. The Morgan fingerprint density at radius 3 is 2.73 bits per heavy atom. The molecule has 8 atom stereocenters. The highest BCUT2D eigenvalue weighted by atomic mass is 16.3. The molecule has 0 aromatic carbocycles. The van der Waals surface area contributed by atoms with Crippen molar-refractivity contribution in [2.45, 2.75) is 65.1 Å². The molecule has 0 aromatic rings. The predicted octanol–water partition coefficient (Wildman–Crippen LogP) is 3.69. The van der Waals surface area contributed by atoms with Gasteiger partial charge in [-0.2, -0.15) is 0 Å². The van der Waals surface area contributed by atoms with Gasteiger partial charge in [-0.05, 0) is 72.2 Å². The van der Waals surface area contributed by atoms with Crippen LogP contribution < -0.4 is 0 Å². The lowest BCUT2D eigenvalue weighted by molar-refractivity contribution is -0.141. The Labute approximate surface area is 134 Å². The maximum atomic E-state index is 11.1. The third-order valence-electron chi connectivity index (χ3n) is 7.87. The average Bonchev–Trinajstić information content (AvgIpc) is 2.75. The van der Waals surface area contributed by atoms with E-state index in [1.54, 1.807) is 0 Å². The minimum Gasteiger partial charge on any atom is -0.393 e. The van der Waals surface area contributed by atoms with Crippen LogP contribution in [0, 0.1) is 34.5 Å². The van der Waals surface area contributed by atoms with Crippen molar-refractivity contribution in [2.24, 2.45) is 34.5 Å². The molecule has 4 rings (SSSR count). The van der Waals surface area contributed by atoms with Gasteiger partial charge < -0.3 is 10.2 Å². The standard InChI is InChI=1S/C20H30O2/c1-12-10-13-6-4-5-9-19(13,2)18-15(21)11-20(3)14(17(12)18)7-8-16(20)22/h4,6,10,12,14-18,21-22H,5,7-9,11H2,1-3H3/t12-,14+,15+,16+,17+,18+,19+,20+/m1/s1. The quantitative estimate of drug-likeness (QED) is 0.716. The molecule has 22 heavy (non-hydrogen) atoms. The van der Waals surface area contributed by atoms with Crippen molar-refractivity contribution >= 4 is 0 Å². The molecule has 0 aromatic heterocycles. The minimum absolute atomic E-state index is 0.0823. The Balaban J connectivity index is 1.82. The zero-order valence-corrected chi connectivity index (χ0v) is 14.1. The summed E-state index contributed by atoms with van der Waals surface area (Å²) in [4.78, 5) is 0. The van der Waals surface area contributed by atoms with Crippen LogP contribution in [0.15, 0.2) is 23.8 Å². The van der Waals surface area contributed by atoms with Gasteiger partial charge in [-0.3, -0.25) is 0 Å². The summed E-state index contributed by atoms with van der Waals surface area (Å²) in [5.41, 5.74) is 1.50. The first kappa shape index (κ1) is 15.0. The lowest BCUT2D eigenvalue weighted by atomic mass is 9.46. The average molecular weight is 302 g/mol. The van der Waals surface area contributed by atoms with Gasteiger partial charge in [0.1, 0.15) is 0 Å². The Bertz CT molecular complexity index is 536. The second-order valence-corrected chi connectivity index (χ2v) is 8.92. The van der Waals surface area contributed by atoms with E-state index >= 15 is 0 Å². The van der Waals surface area contributed by atoms with Crippen LogP contribution in [0.1, 0.15) is 52.9 Å². The van der Waals surface area contributed by atoms with Gasteiger partial charge in [-0.1, -0.05) is 39.0 Å². The third kappa shape index (κ3) is 1.74. The van der Waals surface area contributed by atoms with Gasteiger partial charge in [0.15, 0.2) is 0 Å². The van der Waals surface area contributed by atoms with E-state index in [1.165, 1.54) is 5.57 Å². The molecule has 2 N–H and O–H groups in total. The molecule has 4 aliphatic carbocycles. The van der Waals surface area contributed by atoms with Crippen LogP contribution in [0.5, 0.6) is 0 Å². The summed E-state index contributed by atoms with van der Waals surface area (Å²) in [6.45, 7) is 6.93. The Morgan fingerprint density at radius 2 is 1.95 bits per heavy atom. The van der Waals surface area contributed by atoms with E-state index in [0.29, 0.717) is 23.7 Å². The number of fused-ring (bicyclic) bond motifs is 5. The van der Waals surface area contributed by atoms with Crippen molar-refractivity contribution in [1.82, 2.24) is 0 Å². The molecular formula is C20H30O2. The second kappa shape index (κ2) is 4.70. The van der Waals surface area contributed by atoms with Crippen LogP contribution >= 0.6 is 0 Å². The topological polar surface area (TPSA) is 40.5 Å². The fourth-order valence-electron chi connectivity index (χ4n) is 6.72. The van der Waals surface area contributed by atoms with Gasteiger partial charge in [0.25, 0.3) is 0 Å². The van der Waals surface area contributed by atoms with Gasteiger partial charge in [-0.25, -0.2) is 0 Å². The fraction of sp³-hybridized carbons (Fsp3) is 0.800. The van der Waals surface area contributed by atoms with Crippen molar-refractivity contribution in [3.63, 3.8) is 0 Å². The van der Waals surface area contributed by atoms with E-state index in [1.807, 2.05) is 0 Å². The molecule has 0 spiro atoms. The van der Waals surface area contributed by atoms with E-state index < -0.39 is 0 Å². The van der Waals surface area contributed by atoms with Crippen LogP contribution in [-0.4, -0.2) is 22.4 Å². The van der Waals surface area contributed by atoms with Crippen LogP contribution in [0.3, 0.4) is 0 Å². The molecule has 2 nitrogen and oxygen atoms in total. The van der Waals surface area contributed by atoms with Crippen molar-refractivity contribution in [2.75, 3.05) is 0 Å². The highest BCUT2D eigenvalue weighted by Gasteiger charge is 2.62. The van der Waals surface area contributed by atoms with Crippen LogP contribution in [0.4, 0.5) is 0 Å². The zero-order chi connectivity index (χ0) is 15.7. The molecular weight excluding hydrogens is 272 g/mol. The van der Waals surface area contributed by atoms with Gasteiger partial charge in [0.05, 0.1) is 12.2 Å². The highest BCUT2D eigenvalue weighted by molar-refractivity contribution is 5.35. The van der Waals surface area contributed by atoms with E-state index in [9.17, 15) is 10.2 Å². The molecule has 2 fully saturated rings. The van der Waals surface area contributed by atoms with Crippen molar-refractivity contribution in [3.05, 3.63) is 23.8 Å². The first-order valence-corrected chi connectivity index (χ1v) is 9.13. The van der Waals surface area contributed by atoms with Crippen molar-refractivity contribution in [3.8, 4) is 0 Å². The van der Waals surface area contributed by atoms with E-state index in [-0.39, 0.29) is 23.0 Å². The lowest BCUT2D eigenvalue weighted by Gasteiger charge is -2.59. The Hall–Kier alpha value is -0.600. The Morgan fingerprint density at radius 1 is 1.18 bits per heavy atom. The molecule has 0 heterocycles. The van der Waals surface area contributed by atoms with Crippen LogP contribution in [0.2, 0.25) is 0 Å². The lowest BCUT2D eigenvalue weighted by Crippen LogP contribution is -2.58.